The molecule has 0 spiro atoms. The van der Waals surface area contributed by atoms with Crippen LogP contribution in [0.3, 0.4) is 0 Å². The number of esters is 4. The van der Waals surface area contributed by atoms with Gasteiger partial charge in [-0.25, -0.2) is 0 Å². The van der Waals surface area contributed by atoms with E-state index in [1.165, 1.54) is 6.92 Å². The number of rotatable bonds is 7. The molecule has 3 rings (SSSR count). The number of ether oxygens (including phenoxy) is 5. The predicted octanol–water partition coefficient (Wildman–Crippen LogP) is 2.73. The molecule has 5 atom stereocenters. The summed E-state index contributed by atoms with van der Waals surface area (Å²) in [4.78, 5) is 62.4. The average molecular weight is 630 g/mol. The van der Waals surface area contributed by atoms with Gasteiger partial charge in [0.25, 0.3) is 5.91 Å². The molecule has 0 unspecified atom stereocenters. The van der Waals surface area contributed by atoms with Crippen molar-refractivity contribution >= 4 is 80.1 Å². The molecule has 2 fully saturated rings. The van der Waals surface area contributed by atoms with Crippen LogP contribution in [-0.4, -0.2) is 76.3 Å². The highest BCUT2D eigenvalue weighted by Gasteiger charge is 2.56. The number of carbonyl (C=O) groups excluding carboxylic acids is 5. The minimum atomic E-state index is -1.44. The predicted molar refractivity (Wildman–Crippen MR) is 141 cm³/mol. The normalized spacial score (nSPS) is 26.2. The lowest BCUT2D eigenvalue weighted by atomic mass is 9.96. The minimum absolute atomic E-state index is 0.0826. The van der Waals surface area contributed by atoms with Crippen molar-refractivity contribution in [2.75, 3.05) is 6.61 Å². The summed E-state index contributed by atoms with van der Waals surface area (Å²) >= 11 is 9.83. The van der Waals surface area contributed by atoms with Crippen LogP contribution >= 0.6 is 39.9 Å². The van der Waals surface area contributed by atoms with Gasteiger partial charge in [-0.2, -0.15) is 0 Å². The van der Waals surface area contributed by atoms with Gasteiger partial charge in [0.15, 0.2) is 28.9 Å². The van der Waals surface area contributed by atoms with Crippen LogP contribution in [0.25, 0.3) is 6.08 Å². The molecule has 0 aromatic heterocycles. The van der Waals surface area contributed by atoms with Crippen LogP contribution < -0.4 is 0 Å². The third-order valence-corrected chi connectivity index (χ3v) is 7.07. The molecule has 11 nitrogen and oxygen atoms in total. The Hall–Kier alpha value is -2.81. The Labute approximate surface area is 236 Å². The second-order valence-electron chi connectivity index (χ2n) is 8.19. The summed E-state index contributed by atoms with van der Waals surface area (Å²) in [6.45, 7) is 4.10. The molecule has 0 N–H and O–H groups in total. The van der Waals surface area contributed by atoms with Gasteiger partial charge in [-0.3, -0.25) is 28.9 Å². The van der Waals surface area contributed by atoms with Gasteiger partial charge in [-0.15, -0.1) is 0 Å². The summed E-state index contributed by atoms with van der Waals surface area (Å²) in [5.74, 6) is -3.52. The number of halogens is 1. The number of hydrogen-bond acceptors (Lipinski definition) is 12. The lowest BCUT2D eigenvalue weighted by Crippen LogP contribution is -2.66. The van der Waals surface area contributed by atoms with Crippen molar-refractivity contribution in [3.63, 3.8) is 0 Å². The largest absolute Gasteiger partial charge is 0.463 e. The second kappa shape index (κ2) is 12.8. The second-order valence-corrected chi connectivity index (χ2v) is 10.8. The topological polar surface area (TPSA) is 135 Å². The van der Waals surface area contributed by atoms with Gasteiger partial charge in [0.2, 0.25) is 0 Å². The lowest BCUT2D eigenvalue weighted by molar-refractivity contribution is -0.268. The van der Waals surface area contributed by atoms with E-state index >= 15 is 0 Å². The van der Waals surface area contributed by atoms with Crippen molar-refractivity contribution in [1.82, 2.24) is 4.90 Å². The van der Waals surface area contributed by atoms with Crippen LogP contribution in [-0.2, 0) is 47.7 Å². The van der Waals surface area contributed by atoms with Crippen LogP contribution in [0, 0.1) is 0 Å². The smallest absolute Gasteiger partial charge is 0.303 e. The van der Waals surface area contributed by atoms with Gasteiger partial charge < -0.3 is 23.7 Å². The molecule has 0 radical (unpaired) electrons. The highest BCUT2D eigenvalue weighted by atomic mass is 79.9. The number of nitrogens with zero attached hydrogens (tertiary/aromatic N) is 1. The SMILES string of the molecule is CC(=O)OC[C@H]1O[C@@H](N2C(=O)/C(=C/c3ccc(Br)cc3)SC2=S)[C@@H](OC(C)=O)[C@@H](OC(C)=O)[C@@H]1OC(C)=O. The van der Waals surface area contributed by atoms with Crippen LogP contribution in [0.5, 0.6) is 0 Å². The highest BCUT2D eigenvalue weighted by molar-refractivity contribution is 9.10. The third kappa shape index (κ3) is 7.40. The first-order valence-corrected chi connectivity index (χ1v) is 13.2. The summed E-state index contributed by atoms with van der Waals surface area (Å²) in [7, 11) is 0. The molecule has 0 saturated carbocycles. The maximum absolute atomic E-state index is 13.5. The molecule has 0 bridgehead atoms. The van der Waals surface area contributed by atoms with Crippen LogP contribution in [0.2, 0.25) is 0 Å². The number of amides is 1. The fourth-order valence-electron chi connectivity index (χ4n) is 3.82. The molecule has 2 heterocycles. The maximum atomic E-state index is 13.5. The van der Waals surface area contributed by atoms with Crippen molar-refractivity contribution < 1.29 is 47.7 Å². The van der Waals surface area contributed by atoms with E-state index in [1.807, 2.05) is 12.1 Å². The molecule has 2 aliphatic rings. The molecule has 2 aliphatic heterocycles. The fourth-order valence-corrected chi connectivity index (χ4v) is 5.40. The standard InChI is InChI=1S/C24H24BrNO10S2/c1-11(27)32-10-17-19(33-12(2)28)20(34-13(3)29)21(35-14(4)30)23(36-17)26-22(31)18(38-24(26)37)9-15-5-7-16(25)8-6-15/h5-9,17,19-21,23H,10H2,1-4H3/b18-9-/t17-,19-,20+,21+,23-/m1/s1. The van der Waals surface area contributed by atoms with E-state index in [2.05, 4.69) is 15.9 Å². The molecule has 1 aromatic carbocycles. The molecule has 1 amide bonds. The van der Waals surface area contributed by atoms with Crippen LogP contribution in [0.4, 0.5) is 0 Å². The number of thioether (sulfide) groups is 1. The molecular formula is C24H24BrNO10S2. The molecule has 204 valence electrons. The maximum Gasteiger partial charge on any atom is 0.303 e. The summed E-state index contributed by atoms with van der Waals surface area (Å²) < 4.78 is 28.3. The van der Waals surface area contributed by atoms with Crippen molar-refractivity contribution in [1.29, 1.82) is 0 Å². The van der Waals surface area contributed by atoms with E-state index in [0.717, 1.165) is 47.5 Å². The van der Waals surface area contributed by atoms with E-state index in [9.17, 15) is 24.0 Å². The Morgan fingerprint density at radius 2 is 1.50 bits per heavy atom. The first-order chi connectivity index (χ1) is 17.9. The monoisotopic (exact) mass is 629 g/mol. The summed E-state index contributed by atoms with van der Waals surface area (Å²) in [6, 6.07) is 7.22. The number of benzene rings is 1. The van der Waals surface area contributed by atoms with Crippen molar-refractivity contribution in [2.45, 2.75) is 58.3 Å². The van der Waals surface area contributed by atoms with Crippen LogP contribution in [0.15, 0.2) is 33.6 Å². The first kappa shape index (κ1) is 29.7. The van der Waals surface area contributed by atoms with Gasteiger partial charge in [-0.05, 0) is 23.8 Å². The Morgan fingerprint density at radius 1 is 0.947 bits per heavy atom. The highest BCUT2D eigenvalue weighted by Crippen LogP contribution is 2.39. The first-order valence-electron chi connectivity index (χ1n) is 11.2. The van der Waals surface area contributed by atoms with Gasteiger partial charge in [-0.1, -0.05) is 52.0 Å². The number of thiocarbonyl (C=S) groups is 1. The number of hydrogen-bond donors (Lipinski definition) is 0. The van der Waals surface area contributed by atoms with Crippen molar-refractivity contribution in [3.8, 4) is 0 Å². The van der Waals surface area contributed by atoms with Gasteiger partial charge >= 0.3 is 23.9 Å². The molecule has 0 aliphatic carbocycles. The summed E-state index contributed by atoms with van der Waals surface area (Å²) in [6.07, 6.45) is -5.17. The Bertz CT molecular complexity index is 1170. The summed E-state index contributed by atoms with van der Waals surface area (Å²) in [5, 5.41) is 0. The van der Waals surface area contributed by atoms with E-state index in [-0.39, 0.29) is 9.23 Å². The summed E-state index contributed by atoms with van der Waals surface area (Å²) in [5.41, 5.74) is 0.732. The zero-order chi connectivity index (χ0) is 28.1. The minimum Gasteiger partial charge on any atom is -0.463 e. The lowest BCUT2D eigenvalue weighted by Gasteiger charge is -2.46. The van der Waals surface area contributed by atoms with E-state index < -0.39 is 67.0 Å². The number of carbonyl (C=O) groups is 5. The third-order valence-electron chi connectivity index (χ3n) is 5.21. The van der Waals surface area contributed by atoms with Crippen molar-refractivity contribution in [2.24, 2.45) is 0 Å². The Kier molecular flexibility index (Phi) is 10.0. The molecule has 2 saturated heterocycles. The van der Waals surface area contributed by atoms with E-state index in [4.69, 9.17) is 35.9 Å². The molecule has 1 aromatic rings. The average Bonchev–Trinajstić information content (AvgIpc) is 3.08. The van der Waals surface area contributed by atoms with Gasteiger partial charge in [0, 0.05) is 32.2 Å². The Morgan fingerprint density at radius 3 is 2.05 bits per heavy atom. The zero-order valence-corrected chi connectivity index (χ0v) is 23.9. The van der Waals surface area contributed by atoms with Gasteiger partial charge in [0.1, 0.15) is 12.7 Å². The zero-order valence-electron chi connectivity index (χ0n) is 20.7. The van der Waals surface area contributed by atoms with E-state index in [1.54, 1.807) is 18.2 Å². The van der Waals surface area contributed by atoms with Crippen molar-refractivity contribution in [3.05, 3.63) is 39.2 Å². The van der Waals surface area contributed by atoms with Crippen LogP contribution in [0.1, 0.15) is 33.3 Å². The molecule has 14 heteroatoms. The molecule has 38 heavy (non-hydrogen) atoms. The molecular weight excluding hydrogens is 606 g/mol. The Balaban J connectivity index is 2.04. The fraction of sp³-hybridized carbons (Fsp3) is 0.417. The van der Waals surface area contributed by atoms with Gasteiger partial charge in [0.05, 0.1) is 4.91 Å². The quantitative estimate of drug-likeness (QED) is 0.190. The van der Waals surface area contributed by atoms with E-state index in [0.29, 0.717) is 0 Å².